The largest absolute Gasteiger partial charge is 0.497 e. The molecule has 0 aliphatic heterocycles. The number of hydrogen-bond donors (Lipinski definition) is 2. The Morgan fingerprint density at radius 1 is 1.32 bits per heavy atom. The van der Waals surface area contributed by atoms with Crippen molar-refractivity contribution < 1.29 is 22.7 Å². The van der Waals surface area contributed by atoms with Gasteiger partial charge in [0.2, 0.25) is 0 Å². The maximum Gasteiger partial charge on any atom is 0.417 e. The van der Waals surface area contributed by atoms with Crippen LogP contribution in [0.2, 0.25) is 0 Å². The van der Waals surface area contributed by atoms with E-state index in [4.69, 9.17) is 10.6 Å². The molecule has 0 aliphatic rings. The number of nitrogen functional groups attached to an aromatic ring is 1. The number of benzene rings is 1. The van der Waals surface area contributed by atoms with Gasteiger partial charge < -0.3 is 4.74 Å². The summed E-state index contributed by atoms with van der Waals surface area (Å²) in [6.45, 7) is 0. The second-order valence-corrected chi connectivity index (χ2v) is 4.17. The van der Waals surface area contributed by atoms with Crippen LogP contribution < -0.4 is 16.0 Å². The third-order valence-electron chi connectivity index (χ3n) is 2.81. The molecular weight excluding hydrogens is 301 g/mol. The van der Waals surface area contributed by atoms with E-state index >= 15 is 0 Å². The zero-order chi connectivity index (χ0) is 16.3. The summed E-state index contributed by atoms with van der Waals surface area (Å²) in [5.74, 6) is 4.27. The molecule has 3 N–H and O–H groups in total. The first kappa shape index (κ1) is 15.7. The summed E-state index contributed by atoms with van der Waals surface area (Å²) in [6.07, 6.45) is -2.38. The molecule has 0 fully saturated rings. The van der Waals surface area contributed by atoms with Crippen molar-refractivity contribution in [2.24, 2.45) is 5.84 Å². The van der Waals surface area contributed by atoms with Gasteiger partial charge in [-0.05, 0) is 18.2 Å². The van der Waals surface area contributed by atoms with Crippen molar-refractivity contribution in [2.75, 3.05) is 7.11 Å². The quantitative estimate of drug-likeness (QED) is 0.512. The van der Waals surface area contributed by atoms with Gasteiger partial charge in [-0.15, -0.1) is 0 Å². The van der Waals surface area contributed by atoms with Crippen LogP contribution in [-0.4, -0.2) is 23.0 Å². The first-order valence-corrected chi connectivity index (χ1v) is 5.95. The van der Waals surface area contributed by atoms with Crippen LogP contribution in [-0.2, 0) is 6.18 Å². The number of hydrazine groups is 1. The number of carbonyl (C=O) groups excluding carboxylic acids is 1. The van der Waals surface area contributed by atoms with Gasteiger partial charge in [0.1, 0.15) is 11.4 Å². The first-order valence-electron chi connectivity index (χ1n) is 5.95. The molecule has 0 spiro atoms. The van der Waals surface area contributed by atoms with Crippen molar-refractivity contribution in [3.8, 4) is 17.0 Å². The highest BCUT2D eigenvalue weighted by molar-refractivity contribution is 5.92. The summed E-state index contributed by atoms with van der Waals surface area (Å²) >= 11 is 0. The molecule has 6 nitrogen and oxygen atoms in total. The molecule has 22 heavy (non-hydrogen) atoms. The van der Waals surface area contributed by atoms with E-state index < -0.39 is 17.6 Å². The monoisotopic (exact) mass is 312 g/mol. The van der Waals surface area contributed by atoms with Gasteiger partial charge in [0, 0.05) is 5.56 Å². The molecule has 0 saturated carbocycles. The van der Waals surface area contributed by atoms with Gasteiger partial charge in [-0.3, -0.25) is 15.2 Å². The van der Waals surface area contributed by atoms with Gasteiger partial charge in [0.25, 0.3) is 5.91 Å². The lowest BCUT2D eigenvalue weighted by atomic mass is 10.0. The molecule has 0 aliphatic carbocycles. The average molecular weight is 312 g/mol. The van der Waals surface area contributed by atoms with E-state index in [0.717, 1.165) is 18.5 Å². The van der Waals surface area contributed by atoms with Crippen molar-refractivity contribution in [2.45, 2.75) is 6.18 Å². The third-order valence-corrected chi connectivity index (χ3v) is 2.81. The SMILES string of the molecule is COc1ccc(-c2cncc(C(=O)NN)n2)c(C(F)(F)F)c1. The minimum atomic E-state index is -4.61. The summed E-state index contributed by atoms with van der Waals surface area (Å²) < 4.78 is 44.3. The second-order valence-electron chi connectivity index (χ2n) is 4.17. The Kier molecular flexibility index (Phi) is 4.27. The number of carbonyl (C=O) groups is 1. The minimum absolute atomic E-state index is 0.0555. The maximum absolute atomic E-state index is 13.2. The van der Waals surface area contributed by atoms with E-state index in [2.05, 4.69) is 9.97 Å². The smallest absolute Gasteiger partial charge is 0.417 e. The van der Waals surface area contributed by atoms with Crippen LogP contribution in [0.1, 0.15) is 16.1 Å². The van der Waals surface area contributed by atoms with Crippen molar-refractivity contribution in [1.29, 1.82) is 0 Å². The summed E-state index contributed by atoms with van der Waals surface area (Å²) in [5.41, 5.74) is 0.394. The molecular formula is C13H11F3N4O2. The van der Waals surface area contributed by atoms with E-state index in [1.807, 2.05) is 5.43 Å². The predicted octanol–water partition coefficient (Wildman–Crippen LogP) is 1.77. The van der Waals surface area contributed by atoms with Crippen LogP contribution in [0.25, 0.3) is 11.3 Å². The summed E-state index contributed by atoms with van der Waals surface area (Å²) in [6, 6.07) is 3.42. The Balaban J connectivity index is 2.59. The summed E-state index contributed by atoms with van der Waals surface area (Å²) in [4.78, 5) is 19.0. The first-order chi connectivity index (χ1) is 10.4. The van der Waals surface area contributed by atoms with Crippen LogP contribution in [0.5, 0.6) is 5.75 Å². The summed E-state index contributed by atoms with van der Waals surface area (Å²) in [7, 11) is 1.27. The number of methoxy groups -OCH3 is 1. The van der Waals surface area contributed by atoms with E-state index in [9.17, 15) is 18.0 Å². The van der Waals surface area contributed by atoms with Gasteiger partial charge in [-0.1, -0.05) is 0 Å². The number of alkyl halides is 3. The zero-order valence-corrected chi connectivity index (χ0v) is 11.3. The maximum atomic E-state index is 13.2. The predicted molar refractivity (Wildman–Crippen MR) is 70.7 cm³/mol. The molecule has 1 aromatic heterocycles. The highest BCUT2D eigenvalue weighted by Crippen LogP contribution is 2.38. The fourth-order valence-electron chi connectivity index (χ4n) is 1.79. The van der Waals surface area contributed by atoms with Crippen LogP contribution >= 0.6 is 0 Å². The number of aromatic nitrogens is 2. The molecule has 9 heteroatoms. The van der Waals surface area contributed by atoms with Crippen LogP contribution in [0, 0.1) is 0 Å². The van der Waals surface area contributed by atoms with Crippen molar-refractivity contribution in [3.63, 3.8) is 0 Å². The molecule has 0 atom stereocenters. The Morgan fingerprint density at radius 2 is 2.05 bits per heavy atom. The highest BCUT2D eigenvalue weighted by Gasteiger charge is 2.34. The van der Waals surface area contributed by atoms with Crippen LogP contribution in [0.3, 0.4) is 0 Å². The fourth-order valence-corrected chi connectivity index (χ4v) is 1.79. The minimum Gasteiger partial charge on any atom is -0.497 e. The molecule has 1 heterocycles. The van der Waals surface area contributed by atoms with Crippen molar-refractivity contribution in [1.82, 2.24) is 15.4 Å². The number of ether oxygens (including phenoxy) is 1. The number of nitrogens with two attached hydrogens (primary N) is 1. The van der Waals surface area contributed by atoms with Crippen molar-refractivity contribution >= 4 is 5.91 Å². The molecule has 0 saturated heterocycles. The van der Waals surface area contributed by atoms with Crippen LogP contribution in [0.15, 0.2) is 30.6 Å². The fraction of sp³-hybridized carbons (Fsp3) is 0.154. The lowest BCUT2D eigenvalue weighted by Crippen LogP contribution is -2.30. The second kappa shape index (κ2) is 5.98. The average Bonchev–Trinajstić information content (AvgIpc) is 2.52. The Hall–Kier alpha value is -2.68. The summed E-state index contributed by atoms with van der Waals surface area (Å²) in [5, 5.41) is 0. The molecule has 1 amide bonds. The lowest BCUT2D eigenvalue weighted by molar-refractivity contribution is -0.137. The molecule has 2 rings (SSSR count). The van der Waals surface area contributed by atoms with Crippen LogP contribution in [0.4, 0.5) is 13.2 Å². The van der Waals surface area contributed by atoms with Crippen molar-refractivity contribution in [3.05, 3.63) is 41.9 Å². The van der Waals surface area contributed by atoms with E-state index in [-0.39, 0.29) is 22.7 Å². The molecule has 0 unspecified atom stereocenters. The zero-order valence-electron chi connectivity index (χ0n) is 11.3. The number of rotatable bonds is 3. The normalized spacial score (nSPS) is 11.1. The molecule has 0 radical (unpaired) electrons. The number of halogens is 3. The standard InChI is InChI=1S/C13H11F3N4O2/c1-22-7-2-3-8(9(4-7)13(14,15)16)10-5-18-6-11(19-10)12(21)20-17/h2-6H,17H2,1H3,(H,20,21). The van der Waals surface area contributed by atoms with Gasteiger partial charge in [0.05, 0.1) is 30.8 Å². The number of nitrogens with one attached hydrogen (secondary N) is 1. The Labute approximate surface area is 123 Å². The van der Waals surface area contributed by atoms with Gasteiger partial charge in [-0.2, -0.15) is 13.2 Å². The molecule has 1 aromatic carbocycles. The van der Waals surface area contributed by atoms with Gasteiger partial charge in [-0.25, -0.2) is 10.8 Å². The number of hydrogen-bond acceptors (Lipinski definition) is 5. The number of amides is 1. The topological polar surface area (TPSA) is 90.1 Å². The molecule has 0 bridgehead atoms. The Morgan fingerprint density at radius 3 is 2.64 bits per heavy atom. The number of nitrogens with zero attached hydrogens (tertiary/aromatic N) is 2. The molecule has 2 aromatic rings. The van der Waals surface area contributed by atoms with E-state index in [1.54, 1.807) is 0 Å². The third kappa shape index (κ3) is 3.14. The Bertz CT molecular complexity index is 704. The highest BCUT2D eigenvalue weighted by atomic mass is 19.4. The lowest BCUT2D eigenvalue weighted by Gasteiger charge is -2.14. The van der Waals surface area contributed by atoms with Gasteiger partial charge >= 0.3 is 6.18 Å². The molecule has 116 valence electrons. The van der Waals surface area contributed by atoms with Gasteiger partial charge in [0.15, 0.2) is 0 Å². The van der Waals surface area contributed by atoms with E-state index in [1.165, 1.54) is 19.2 Å². The van der Waals surface area contributed by atoms with E-state index in [0.29, 0.717) is 0 Å².